The van der Waals surface area contributed by atoms with Crippen molar-refractivity contribution in [3.63, 3.8) is 0 Å². The Bertz CT molecular complexity index is 1100. The van der Waals surface area contributed by atoms with Gasteiger partial charge in [-0.25, -0.2) is 23.3 Å². The number of methoxy groups -OCH3 is 1. The molecule has 1 unspecified atom stereocenters. The van der Waals surface area contributed by atoms with Crippen molar-refractivity contribution in [3.8, 4) is 17.1 Å². The van der Waals surface area contributed by atoms with Gasteiger partial charge in [0.1, 0.15) is 22.8 Å². The number of halogens is 2. The zero-order valence-electron chi connectivity index (χ0n) is 17.0. The number of aromatic nitrogens is 4. The standard InChI is InChI=1S/C21H24F2N6O/c1-11-15(4-3-7-24-11)26-21-14(23)8-13(22)20(27-21)16-10-25-18-9-17(30-2)19(12-5-6-12)28-29(16)18/h8-12,15,24H,3-7H2,1-2H3,(H,26,27)/t11-,15?/m1/s1. The van der Waals surface area contributed by atoms with Crippen molar-refractivity contribution in [2.75, 3.05) is 19.0 Å². The van der Waals surface area contributed by atoms with Crippen LogP contribution in [0.3, 0.4) is 0 Å². The van der Waals surface area contributed by atoms with Crippen molar-refractivity contribution in [3.05, 3.63) is 35.7 Å². The predicted molar refractivity (Wildman–Crippen MR) is 109 cm³/mol. The van der Waals surface area contributed by atoms with Crippen LogP contribution in [0.25, 0.3) is 17.0 Å². The second-order valence-corrected chi connectivity index (χ2v) is 8.07. The van der Waals surface area contributed by atoms with Crippen molar-refractivity contribution in [2.24, 2.45) is 0 Å². The third kappa shape index (κ3) is 3.36. The third-order valence-corrected chi connectivity index (χ3v) is 5.92. The molecule has 2 fully saturated rings. The van der Waals surface area contributed by atoms with Gasteiger partial charge in [-0.1, -0.05) is 0 Å². The lowest BCUT2D eigenvalue weighted by Crippen LogP contribution is -2.46. The van der Waals surface area contributed by atoms with Crippen molar-refractivity contribution < 1.29 is 13.5 Å². The Balaban J connectivity index is 1.56. The molecule has 3 aromatic rings. The van der Waals surface area contributed by atoms with Crippen molar-refractivity contribution in [1.29, 1.82) is 0 Å². The Morgan fingerprint density at radius 1 is 1.20 bits per heavy atom. The summed E-state index contributed by atoms with van der Waals surface area (Å²) in [5.41, 5.74) is 1.75. The second kappa shape index (κ2) is 7.46. The Morgan fingerprint density at radius 3 is 2.77 bits per heavy atom. The summed E-state index contributed by atoms with van der Waals surface area (Å²) in [6.07, 6.45) is 5.48. The molecule has 0 radical (unpaired) electrons. The number of ether oxygens (including phenoxy) is 1. The largest absolute Gasteiger partial charge is 0.495 e. The van der Waals surface area contributed by atoms with Gasteiger partial charge in [0.05, 0.1) is 13.3 Å². The predicted octanol–water partition coefficient (Wildman–Crippen LogP) is 3.51. The van der Waals surface area contributed by atoms with Gasteiger partial charge in [-0.05, 0) is 39.2 Å². The number of hydrogen-bond acceptors (Lipinski definition) is 6. The number of nitrogens with zero attached hydrogens (tertiary/aromatic N) is 4. The minimum absolute atomic E-state index is 0.0160. The number of fused-ring (bicyclic) bond motifs is 1. The average Bonchev–Trinajstić information content (AvgIpc) is 3.51. The summed E-state index contributed by atoms with van der Waals surface area (Å²) in [4.78, 5) is 8.64. The van der Waals surface area contributed by atoms with Crippen molar-refractivity contribution >= 4 is 11.5 Å². The molecule has 2 aliphatic rings. The molecular formula is C21H24F2N6O. The van der Waals surface area contributed by atoms with Gasteiger partial charge in [0, 0.05) is 30.1 Å². The van der Waals surface area contributed by atoms with E-state index < -0.39 is 11.6 Å². The van der Waals surface area contributed by atoms with E-state index in [1.165, 1.54) is 6.20 Å². The Hall–Kier alpha value is -2.81. The molecule has 158 valence electrons. The second-order valence-electron chi connectivity index (χ2n) is 8.07. The fraction of sp³-hybridized carbons (Fsp3) is 0.476. The lowest BCUT2D eigenvalue weighted by molar-refractivity contribution is 0.387. The smallest absolute Gasteiger partial charge is 0.168 e. The number of anilines is 1. The van der Waals surface area contributed by atoms with E-state index in [0.717, 1.165) is 44.0 Å². The van der Waals surface area contributed by atoms with Gasteiger partial charge in [-0.2, -0.15) is 5.10 Å². The van der Waals surface area contributed by atoms with E-state index in [-0.39, 0.29) is 23.6 Å². The minimum atomic E-state index is -0.750. The fourth-order valence-corrected chi connectivity index (χ4v) is 4.04. The van der Waals surface area contributed by atoms with Crippen LogP contribution in [0.5, 0.6) is 5.75 Å². The molecule has 0 amide bonds. The van der Waals surface area contributed by atoms with Crippen LogP contribution in [0.15, 0.2) is 18.3 Å². The van der Waals surface area contributed by atoms with Crippen LogP contribution in [-0.4, -0.2) is 45.3 Å². The van der Waals surface area contributed by atoms with E-state index >= 15 is 0 Å². The molecular weight excluding hydrogens is 390 g/mol. The number of nitrogens with one attached hydrogen (secondary N) is 2. The van der Waals surface area contributed by atoms with Crippen molar-refractivity contribution in [1.82, 2.24) is 24.9 Å². The zero-order valence-corrected chi connectivity index (χ0v) is 17.0. The van der Waals surface area contributed by atoms with Crippen LogP contribution in [0.4, 0.5) is 14.6 Å². The van der Waals surface area contributed by atoms with Crippen LogP contribution in [0, 0.1) is 11.6 Å². The van der Waals surface area contributed by atoms with E-state index in [1.54, 1.807) is 17.7 Å². The van der Waals surface area contributed by atoms with Gasteiger partial charge >= 0.3 is 0 Å². The number of imidazole rings is 1. The molecule has 0 spiro atoms. The quantitative estimate of drug-likeness (QED) is 0.666. The van der Waals surface area contributed by atoms with E-state index in [2.05, 4.69) is 25.7 Å². The molecule has 2 atom stereocenters. The first-order chi connectivity index (χ1) is 14.5. The number of pyridine rings is 1. The Kier molecular flexibility index (Phi) is 4.77. The molecule has 30 heavy (non-hydrogen) atoms. The minimum Gasteiger partial charge on any atom is -0.495 e. The highest BCUT2D eigenvalue weighted by Crippen LogP contribution is 2.43. The van der Waals surface area contributed by atoms with Gasteiger partial charge < -0.3 is 15.4 Å². The Morgan fingerprint density at radius 2 is 2.03 bits per heavy atom. The summed E-state index contributed by atoms with van der Waals surface area (Å²) < 4.78 is 36.3. The van der Waals surface area contributed by atoms with Gasteiger partial charge in [0.25, 0.3) is 0 Å². The maximum atomic E-state index is 14.8. The fourth-order valence-electron chi connectivity index (χ4n) is 4.04. The first kappa shape index (κ1) is 19.2. The molecule has 0 aromatic carbocycles. The average molecular weight is 414 g/mol. The molecule has 3 aromatic heterocycles. The number of hydrogen-bond donors (Lipinski definition) is 2. The summed E-state index contributed by atoms with van der Waals surface area (Å²) in [6.45, 7) is 2.98. The van der Waals surface area contributed by atoms with Gasteiger partial charge in [0.2, 0.25) is 0 Å². The molecule has 1 saturated heterocycles. The van der Waals surface area contributed by atoms with E-state index in [1.807, 2.05) is 6.92 Å². The van der Waals surface area contributed by atoms with E-state index in [4.69, 9.17) is 4.74 Å². The van der Waals surface area contributed by atoms with Gasteiger partial charge in [0.15, 0.2) is 23.1 Å². The Labute approximate surface area is 172 Å². The monoisotopic (exact) mass is 414 g/mol. The van der Waals surface area contributed by atoms with Crippen LogP contribution in [0.2, 0.25) is 0 Å². The highest BCUT2D eigenvalue weighted by Gasteiger charge is 2.30. The zero-order chi connectivity index (χ0) is 20.8. The maximum Gasteiger partial charge on any atom is 0.168 e. The highest BCUT2D eigenvalue weighted by atomic mass is 19.1. The van der Waals surface area contributed by atoms with Crippen molar-refractivity contribution in [2.45, 2.75) is 50.6 Å². The van der Waals surface area contributed by atoms with E-state index in [9.17, 15) is 8.78 Å². The summed E-state index contributed by atoms with van der Waals surface area (Å²) in [7, 11) is 1.60. The third-order valence-electron chi connectivity index (χ3n) is 5.92. The maximum absolute atomic E-state index is 14.8. The summed E-state index contributed by atoms with van der Waals surface area (Å²) in [5.74, 6) is -0.409. The van der Waals surface area contributed by atoms with Gasteiger partial charge in [-0.15, -0.1) is 0 Å². The van der Waals surface area contributed by atoms with E-state index in [0.29, 0.717) is 23.0 Å². The molecule has 5 rings (SSSR count). The SMILES string of the molecule is COc1cc2ncc(-c3nc(NC4CCCN[C@@H]4C)c(F)cc3F)n2nc1C1CC1. The summed E-state index contributed by atoms with van der Waals surface area (Å²) in [6, 6.07) is 2.85. The molecule has 0 bridgehead atoms. The molecule has 9 heteroatoms. The van der Waals surface area contributed by atoms with Crippen LogP contribution < -0.4 is 15.4 Å². The summed E-state index contributed by atoms with van der Waals surface area (Å²) >= 11 is 0. The highest BCUT2D eigenvalue weighted by molar-refractivity contribution is 5.63. The number of piperidine rings is 1. The molecule has 2 N–H and O–H groups in total. The lowest BCUT2D eigenvalue weighted by Gasteiger charge is -2.31. The molecule has 1 saturated carbocycles. The first-order valence-electron chi connectivity index (χ1n) is 10.3. The number of rotatable bonds is 5. The first-order valence-corrected chi connectivity index (χ1v) is 10.3. The molecule has 4 heterocycles. The van der Waals surface area contributed by atoms with Crippen LogP contribution in [-0.2, 0) is 0 Å². The topological polar surface area (TPSA) is 76.4 Å². The molecule has 1 aliphatic heterocycles. The lowest BCUT2D eigenvalue weighted by atomic mass is 10.00. The van der Waals surface area contributed by atoms with Crippen LogP contribution in [0.1, 0.15) is 44.2 Å². The van der Waals surface area contributed by atoms with Crippen LogP contribution >= 0.6 is 0 Å². The normalized spacial score (nSPS) is 21.7. The molecule has 7 nitrogen and oxygen atoms in total. The summed E-state index contributed by atoms with van der Waals surface area (Å²) in [5, 5.41) is 11.2. The van der Waals surface area contributed by atoms with Gasteiger partial charge in [-0.3, -0.25) is 0 Å². The molecule has 1 aliphatic carbocycles.